The van der Waals surface area contributed by atoms with Crippen LogP contribution in [0.25, 0.3) is 11.4 Å². The number of pyridine rings is 1. The van der Waals surface area contributed by atoms with E-state index in [1.54, 1.807) is 31.5 Å². The Morgan fingerprint density at radius 1 is 1.15 bits per heavy atom. The highest BCUT2D eigenvalue weighted by molar-refractivity contribution is 5.76. The molecule has 2 N–H and O–H groups in total. The Balaban J connectivity index is 1.25. The highest BCUT2D eigenvalue weighted by Crippen LogP contribution is 2.16. The van der Waals surface area contributed by atoms with Gasteiger partial charge < -0.3 is 10.3 Å². The van der Waals surface area contributed by atoms with Gasteiger partial charge in [-0.3, -0.25) is 19.5 Å². The number of aryl methyl sites for hydroxylation is 1. The van der Waals surface area contributed by atoms with Gasteiger partial charge in [0.15, 0.2) is 0 Å². The largest absolute Gasteiger partial charge is 0.353 e. The summed E-state index contributed by atoms with van der Waals surface area (Å²) >= 11 is 0. The summed E-state index contributed by atoms with van der Waals surface area (Å²) < 4.78 is 13.1. The van der Waals surface area contributed by atoms with E-state index in [1.165, 1.54) is 12.1 Å². The molecule has 172 valence electrons. The molecule has 0 bridgehead atoms. The lowest BCUT2D eigenvalue weighted by atomic mass is 10.0. The fourth-order valence-corrected chi connectivity index (χ4v) is 4.17. The number of likely N-dealkylation sites (tertiary alicyclic amines) is 1. The summed E-state index contributed by atoms with van der Waals surface area (Å²) in [6.07, 6.45) is 5.63. The Morgan fingerprint density at radius 2 is 1.85 bits per heavy atom. The summed E-state index contributed by atoms with van der Waals surface area (Å²) in [4.78, 5) is 38.7. The maximum Gasteiger partial charge on any atom is 0.254 e. The molecule has 8 heteroatoms. The molecule has 1 saturated heterocycles. The molecule has 2 aromatic heterocycles. The molecule has 33 heavy (non-hydrogen) atoms. The minimum atomic E-state index is -0.224. The third-order valence-electron chi connectivity index (χ3n) is 6.05. The number of halogens is 1. The lowest BCUT2D eigenvalue weighted by molar-refractivity contribution is -0.122. The Kier molecular flexibility index (Phi) is 7.24. The van der Waals surface area contributed by atoms with E-state index in [0.717, 1.165) is 43.6 Å². The summed E-state index contributed by atoms with van der Waals surface area (Å²) in [6, 6.07) is 10.3. The van der Waals surface area contributed by atoms with Gasteiger partial charge in [0, 0.05) is 61.3 Å². The highest BCUT2D eigenvalue weighted by Gasteiger charge is 2.21. The van der Waals surface area contributed by atoms with Gasteiger partial charge in [0.25, 0.3) is 5.56 Å². The second-order valence-electron chi connectivity index (χ2n) is 8.46. The van der Waals surface area contributed by atoms with Gasteiger partial charge in [-0.1, -0.05) is 12.1 Å². The van der Waals surface area contributed by atoms with Gasteiger partial charge in [0.05, 0.1) is 0 Å². The molecule has 0 atom stereocenters. The number of nitrogens with zero attached hydrogens (tertiary/aromatic N) is 3. The van der Waals surface area contributed by atoms with Gasteiger partial charge in [-0.15, -0.1) is 0 Å². The molecule has 4 rings (SSSR count). The molecule has 1 fully saturated rings. The number of benzene rings is 1. The molecule has 1 aliphatic rings. The topological polar surface area (TPSA) is 91.0 Å². The van der Waals surface area contributed by atoms with E-state index in [4.69, 9.17) is 0 Å². The van der Waals surface area contributed by atoms with Crippen molar-refractivity contribution in [2.24, 2.45) is 0 Å². The monoisotopic (exact) mass is 449 g/mol. The van der Waals surface area contributed by atoms with Crippen LogP contribution in [0.3, 0.4) is 0 Å². The highest BCUT2D eigenvalue weighted by atomic mass is 19.1. The number of aromatic amines is 1. The molecule has 7 nitrogen and oxygen atoms in total. The normalized spacial score (nSPS) is 14.8. The van der Waals surface area contributed by atoms with Crippen LogP contribution in [0.15, 0.2) is 53.6 Å². The number of nitrogens with one attached hydrogen (secondary N) is 2. The predicted octanol–water partition coefficient (Wildman–Crippen LogP) is 2.99. The zero-order valence-corrected chi connectivity index (χ0v) is 18.7. The van der Waals surface area contributed by atoms with Gasteiger partial charge in [-0.05, 0) is 56.0 Å². The number of carbonyl (C=O) groups excluding carboxylic acids is 1. The van der Waals surface area contributed by atoms with Crippen molar-refractivity contribution >= 4 is 5.91 Å². The first-order valence-corrected chi connectivity index (χ1v) is 11.2. The molecule has 0 saturated carbocycles. The Bertz CT molecular complexity index is 1140. The summed E-state index contributed by atoms with van der Waals surface area (Å²) in [5.41, 5.74) is 2.84. The average molecular weight is 450 g/mol. The fourth-order valence-electron chi connectivity index (χ4n) is 4.17. The molecule has 0 unspecified atom stereocenters. The number of carbonyl (C=O) groups is 1. The fraction of sp³-hybridized carbons (Fsp3) is 0.360. The van der Waals surface area contributed by atoms with Gasteiger partial charge in [-0.25, -0.2) is 9.37 Å². The number of hydrogen-bond donors (Lipinski definition) is 2. The van der Waals surface area contributed by atoms with E-state index in [0.29, 0.717) is 23.5 Å². The number of piperidine rings is 1. The van der Waals surface area contributed by atoms with E-state index < -0.39 is 0 Å². The molecule has 3 heterocycles. The minimum absolute atomic E-state index is 0.0519. The van der Waals surface area contributed by atoms with Gasteiger partial charge >= 0.3 is 0 Å². The van der Waals surface area contributed by atoms with Crippen molar-refractivity contribution in [1.29, 1.82) is 0 Å². The SMILES string of the molecule is Cc1nc(-c2ccncc2)[nH]c(=O)c1CCC(=O)NC1CCN(Cc2ccc(F)cc2)CC1. The number of H-pyrrole nitrogens is 1. The molecule has 3 aromatic rings. The van der Waals surface area contributed by atoms with Gasteiger partial charge in [0.1, 0.15) is 11.6 Å². The Hall–Kier alpha value is -3.39. The lowest BCUT2D eigenvalue weighted by Crippen LogP contribution is -2.44. The molecular formula is C25H28FN5O2. The first-order chi connectivity index (χ1) is 16.0. The molecular weight excluding hydrogens is 421 g/mol. The number of rotatable bonds is 7. The van der Waals surface area contributed by atoms with Crippen LogP contribution >= 0.6 is 0 Å². The van der Waals surface area contributed by atoms with Crippen LogP contribution in [0.5, 0.6) is 0 Å². The first kappa shape index (κ1) is 22.8. The van der Waals surface area contributed by atoms with Crippen molar-refractivity contribution in [3.63, 3.8) is 0 Å². The maximum atomic E-state index is 13.1. The summed E-state index contributed by atoms with van der Waals surface area (Å²) in [7, 11) is 0. The van der Waals surface area contributed by atoms with Crippen LogP contribution < -0.4 is 10.9 Å². The van der Waals surface area contributed by atoms with E-state index in [-0.39, 0.29) is 29.7 Å². The standard InChI is InChI=1S/C25H28FN5O2/c1-17-22(25(33)30-24(28-17)19-8-12-27-13-9-19)6-7-23(32)29-21-10-14-31(15-11-21)16-18-2-4-20(26)5-3-18/h2-5,8-9,12-13,21H,6-7,10-11,14-16H2,1H3,(H,29,32)(H,28,30,33). The van der Waals surface area contributed by atoms with Gasteiger partial charge in [-0.2, -0.15) is 0 Å². The van der Waals surface area contributed by atoms with E-state index in [9.17, 15) is 14.0 Å². The summed E-state index contributed by atoms with van der Waals surface area (Å²) in [6.45, 7) is 4.33. The average Bonchev–Trinajstić information content (AvgIpc) is 2.82. The van der Waals surface area contributed by atoms with Gasteiger partial charge in [0.2, 0.25) is 5.91 Å². The number of aromatic nitrogens is 3. The van der Waals surface area contributed by atoms with Crippen molar-refractivity contribution in [1.82, 2.24) is 25.2 Å². The smallest absolute Gasteiger partial charge is 0.254 e. The van der Waals surface area contributed by atoms with E-state index in [2.05, 4.69) is 25.2 Å². The van der Waals surface area contributed by atoms with Crippen molar-refractivity contribution in [2.45, 2.75) is 45.2 Å². The molecule has 1 amide bonds. The Labute approximate surface area is 192 Å². The zero-order valence-electron chi connectivity index (χ0n) is 18.7. The van der Waals surface area contributed by atoms with Crippen LogP contribution in [0.4, 0.5) is 4.39 Å². The molecule has 0 radical (unpaired) electrons. The van der Waals surface area contributed by atoms with Crippen molar-refractivity contribution < 1.29 is 9.18 Å². The molecule has 1 aromatic carbocycles. The quantitative estimate of drug-likeness (QED) is 0.579. The van der Waals surface area contributed by atoms with E-state index >= 15 is 0 Å². The van der Waals surface area contributed by atoms with Crippen molar-refractivity contribution in [3.8, 4) is 11.4 Å². The second kappa shape index (κ2) is 10.5. The maximum absolute atomic E-state index is 13.1. The first-order valence-electron chi connectivity index (χ1n) is 11.2. The summed E-state index contributed by atoms with van der Waals surface area (Å²) in [5.74, 6) is 0.224. The number of amides is 1. The van der Waals surface area contributed by atoms with Crippen LogP contribution in [-0.2, 0) is 17.8 Å². The van der Waals surface area contributed by atoms with Crippen LogP contribution in [0, 0.1) is 12.7 Å². The van der Waals surface area contributed by atoms with Crippen LogP contribution in [0.1, 0.15) is 36.1 Å². The molecule has 0 spiro atoms. The van der Waals surface area contributed by atoms with Crippen molar-refractivity contribution in [2.75, 3.05) is 13.1 Å². The molecule has 1 aliphatic heterocycles. The number of hydrogen-bond acceptors (Lipinski definition) is 5. The van der Waals surface area contributed by atoms with Crippen LogP contribution in [-0.4, -0.2) is 44.9 Å². The third kappa shape index (κ3) is 6.10. The van der Waals surface area contributed by atoms with E-state index in [1.807, 2.05) is 12.1 Å². The van der Waals surface area contributed by atoms with Crippen LogP contribution in [0.2, 0.25) is 0 Å². The molecule has 0 aliphatic carbocycles. The Morgan fingerprint density at radius 3 is 2.52 bits per heavy atom. The predicted molar refractivity (Wildman–Crippen MR) is 124 cm³/mol. The minimum Gasteiger partial charge on any atom is -0.353 e. The zero-order chi connectivity index (χ0) is 23.2. The second-order valence-corrected chi connectivity index (χ2v) is 8.46. The summed E-state index contributed by atoms with van der Waals surface area (Å²) in [5, 5.41) is 3.10. The third-order valence-corrected chi connectivity index (χ3v) is 6.05. The van der Waals surface area contributed by atoms with Crippen molar-refractivity contribution in [3.05, 3.63) is 81.8 Å². The lowest BCUT2D eigenvalue weighted by Gasteiger charge is -2.32.